The van der Waals surface area contributed by atoms with Crippen LogP contribution in [-0.2, 0) is 17.1 Å². The third-order valence-corrected chi connectivity index (χ3v) is 2.99. The van der Waals surface area contributed by atoms with Crippen molar-refractivity contribution in [3.8, 4) is 5.75 Å². The van der Waals surface area contributed by atoms with Crippen LogP contribution in [0.2, 0.25) is 0 Å². The van der Waals surface area contributed by atoms with E-state index in [-0.39, 0.29) is 17.1 Å². The summed E-state index contributed by atoms with van der Waals surface area (Å²) < 4.78 is 5.20. The first kappa shape index (κ1) is 17.3. The molecule has 2 nitrogen and oxygen atoms in total. The Morgan fingerprint density at radius 1 is 1.05 bits per heavy atom. The Hall–Kier alpha value is -1.80. The molecule has 21 heavy (non-hydrogen) atoms. The van der Waals surface area contributed by atoms with Crippen LogP contribution in [0.1, 0.15) is 17.2 Å². The molecule has 1 N–H and O–H groups in total. The zero-order chi connectivity index (χ0) is 14.2. The van der Waals surface area contributed by atoms with E-state index in [1.807, 2.05) is 78.9 Å². The first-order chi connectivity index (χ1) is 9.83. The predicted molar refractivity (Wildman–Crippen MR) is 81.1 cm³/mol. The van der Waals surface area contributed by atoms with Crippen LogP contribution < -0.4 is 4.74 Å². The van der Waals surface area contributed by atoms with Gasteiger partial charge in [0.25, 0.3) is 0 Å². The molecule has 1 atom stereocenters. The molecule has 3 rings (SSSR count). The minimum Gasteiger partial charge on any atom is -0.747 e. The second kappa shape index (κ2) is 9.19. The largest absolute Gasteiger partial charge is 0.747 e. The van der Waals surface area contributed by atoms with E-state index in [4.69, 9.17) is 4.74 Å². The van der Waals surface area contributed by atoms with Crippen LogP contribution in [0.5, 0.6) is 5.75 Å². The van der Waals surface area contributed by atoms with Gasteiger partial charge >= 0.3 is 0 Å². The number of ether oxygens (including phenoxy) is 1. The third-order valence-electron chi connectivity index (χ3n) is 2.99. The molecule has 0 saturated heterocycles. The standard InChI is InChI=1S/C13H13O2.C5H5.Fe/c1-15-12-9-5-4-8-11(12)13(14)10-6-2-3-7-10;1-2-4-5-3-1;/h2-9,13-14H,1H3;1-5H;/q-5;-1;. The minimum atomic E-state index is -0.615. The minimum absolute atomic E-state index is 0. The maximum atomic E-state index is 10.1. The van der Waals surface area contributed by atoms with Crippen molar-refractivity contribution in [3.63, 3.8) is 0 Å². The van der Waals surface area contributed by atoms with Gasteiger partial charge in [0.1, 0.15) is 5.75 Å². The summed E-state index contributed by atoms with van der Waals surface area (Å²) >= 11 is 0. The van der Waals surface area contributed by atoms with Crippen molar-refractivity contribution in [1.82, 2.24) is 0 Å². The molecule has 0 aliphatic heterocycles. The van der Waals surface area contributed by atoms with Crippen LogP contribution in [0.4, 0.5) is 0 Å². The Morgan fingerprint density at radius 3 is 2.19 bits per heavy atom. The maximum Gasteiger partial charge on any atom is 0.121 e. The van der Waals surface area contributed by atoms with Gasteiger partial charge < -0.3 is 39.7 Å². The van der Waals surface area contributed by atoms with E-state index in [2.05, 4.69) is 0 Å². The number of methoxy groups -OCH3 is 1. The van der Waals surface area contributed by atoms with Crippen molar-refractivity contribution in [1.29, 1.82) is 0 Å². The fraction of sp³-hybridized carbons (Fsp3) is 0.111. The van der Waals surface area contributed by atoms with E-state index in [0.717, 1.165) is 11.1 Å². The molecule has 3 heteroatoms. The summed E-state index contributed by atoms with van der Waals surface area (Å²) in [5.74, 6) is 0.714. The van der Waals surface area contributed by atoms with E-state index in [0.29, 0.717) is 5.75 Å². The van der Waals surface area contributed by atoms with E-state index < -0.39 is 6.10 Å². The van der Waals surface area contributed by atoms with E-state index in [9.17, 15) is 5.11 Å². The quantitative estimate of drug-likeness (QED) is 0.585. The van der Waals surface area contributed by atoms with E-state index >= 15 is 0 Å². The number of para-hydroxylation sites is 1. The average Bonchev–Trinajstić information content (AvgIpc) is 3.21. The van der Waals surface area contributed by atoms with Crippen LogP contribution in [0, 0.1) is 0 Å². The molecular formula is C18H18FeO2-6. The van der Waals surface area contributed by atoms with Crippen molar-refractivity contribution in [2.24, 2.45) is 0 Å². The van der Waals surface area contributed by atoms with Gasteiger partial charge in [-0.3, -0.25) is 0 Å². The van der Waals surface area contributed by atoms with Gasteiger partial charge in [-0.2, -0.15) is 18.2 Å². The fourth-order valence-corrected chi connectivity index (χ4v) is 1.96. The van der Waals surface area contributed by atoms with Crippen LogP contribution >= 0.6 is 0 Å². The second-order valence-electron chi connectivity index (χ2n) is 4.32. The van der Waals surface area contributed by atoms with Crippen LogP contribution in [-0.4, -0.2) is 12.2 Å². The van der Waals surface area contributed by atoms with E-state index in [1.54, 1.807) is 7.11 Å². The summed E-state index contributed by atoms with van der Waals surface area (Å²) in [7, 11) is 1.61. The SMILES string of the molecule is COc1ccccc1C(O)[c-]1[cH-][cH-][cH-][cH-]1.[Fe].c1cc[cH-]c1. The van der Waals surface area contributed by atoms with Gasteiger partial charge in [-0.15, -0.1) is 0 Å². The summed E-state index contributed by atoms with van der Waals surface area (Å²) in [6.07, 6.45) is -0.615. The molecule has 0 radical (unpaired) electrons. The summed E-state index contributed by atoms with van der Waals surface area (Å²) in [6, 6.07) is 25.1. The van der Waals surface area contributed by atoms with Crippen LogP contribution in [0.15, 0.2) is 78.9 Å². The summed E-state index contributed by atoms with van der Waals surface area (Å²) in [6.45, 7) is 0. The molecule has 3 aromatic rings. The molecule has 0 fully saturated rings. The van der Waals surface area contributed by atoms with Crippen molar-refractivity contribution in [2.45, 2.75) is 6.10 Å². The summed E-state index contributed by atoms with van der Waals surface area (Å²) in [5.41, 5.74) is 1.69. The molecule has 0 heterocycles. The molecule has 0 amide bonds. The topological polar surface area (TPSA) is 29.5 Å². The molecule has 3 aromatic carbocycles. The Labute approximate surface area is 136 Å². The molecule has 0 spiro atoms. The van der Waals surface area contributed by atoms with Gasteiger partial charge in [0.2, 0.25) is 0 Å². The van der Waals surface area contributed by atoms with Gasteiger partial charge in [-0.1, -0.05) is 24.3 Å². The van der Waals surface area contributed by atoms with Crippen molar-refractivity contribution < 1.29 is 26.9 Å². The molecule has 0 saturated carbocycles. The molecule has 0 aliphatic carbocycles. The Bertz CT molecular complexity index is 568. The van der Waals surface area contributed by atoms with Crippen LogP contribution in [0.25, 0.3) is 0 Å². The van der Waals surface area contributed by atoms with Gasteiger partial charge in [0.15, 0.2) is 0 Å². The smallest absolute Gasteiger partial charge is 0.121 e. The zero-order valence-electron chi connectivity index (χ0n) is 11.8. The van der Waals surface area contributed by atoms with Crippen molar-refractivity contribution in [3.05, 3.63) is 90.0 Å². The Morgan fingerprint density at radius 2 is 1.67 bits per heavy atom. The zero-order valence-corrected chi connectivity index (χ0v) is 12.9. The number of aliphatic hydroxyl groups is 1. The molecule has 0 aromatic heterocycles. The monoisotopic (exact) mass is 322 g/mol. The fourth-order valence-electron chi connectivity index (χ4n) is 1.96. The number of rotatable bonds is 3. The van der Waals surface area contributed by atoms with E-state index in [1.165, 1.54) is 0 Å². The number of hydrogen-bond donors (Lipinski definition) is 1. The normalized spacial score (nSPS) is 10.8. The van der Waals surface area contributed by atoms with Gasteiger partial charge in [-0.05, 0) is 11.6 Å². The number of benzene rings is 1. The first-order valence-corrected chi connectivity index (χ1v) is 6.52. The number of hydrogen-bond acceptors (Lipinski definition) is 2. The Kier molecular flexibility index (Phi) is 7.55. The van der Waals surface area contributed by atoms with Gasteiger partial charge in [0, 0.05) is 17.1 Å². The second-order valence-corrected chi connectivity index (χ2v) is 4.32. The van der Waals surface area contributed by atoms with Crippen molar-refractivity contribution in [2.75, 3.05) is 7.11 Å². The first-order valence-electron chi connectivity index (χ1n) is 6.52. The summed E-state index contributed by atoms with van der Waals surface area (Å²) in [5, 5.41) is 10.1. The molecule has 0 bridgehead atoms. The average molecular weight is 322 g/mol. The maximum absolute atomic E-state index is 10.1. The number of aliphatic hydroxyl groups excluding tert-OH is 1. The third kappa shape index (κ3) is 4.91. The Balaban J connectivity index is 0.000000313. The van der Waals surface area contributed by atoms with Gasteiger partial charge in [-0.25, -0.2) is 12.1 Å². The molecule has 1 unspecified atom stereocenters. The van der Waals surface area contributed by atoms with Gasteiger partial charge in [0.05, 0.1) is 7.11 Å². The molecular weight excluding hydrogens is 304 g/mol. The molecule has 116 valence electrons. The predicted octanol–water partition coefficient (Wildman–Crippen LogP) is 3.90. The molecule has 0 aliphatic rings. The summed E-state index contributed by atoms with van der Waals surface area (Å²) in [4.78, 5) is 0. The van der Waals surface area contributed by atoms with Crippen molar-refractivity contribution >= 4 is 0 Å². The van der Waals surface area contributed by atoms with Crippen LogP contribution in [0.3, 0.4) is 0 Å².